The molecule has 1 aromatic carbocycles. The van der Waals surface area contributed by atoms with Crippen molar-refractivity contribution in [3.63, 3.8) is 0 Å². The van der Waals surface area contributed by atoms with Crippen LogP contribution in [0.5, 0.6) is 0 Å². The molecule has 0 aliphatic rings. The topological polar surface area (TPSA) is 67.1 Å². The summed E-state index contributed by atoms with van der Waals surface area (Å²) in [7, 11) is 0. The van der Waals surface area contributed by atoms with Gasteiger partial charge in [0.05, 0.1) is 6.04 Å². The third kappa shape index (κ3) is 5.01. The van der Waals surface area contributed by atoms with E-state index in [2.05, 4.69) is 17.6 Å². The smallest absolute Gasteiger partial charge is 0.241 e. The number of hydrogen-bond acceptors (Lipinski definition) is 3. The Morgan fingerprint density at radius 2 is 2.11 bits per heavy atom. The van der Waals surface area contributed by atoms with Crippen LogP contribution in [0.15, 0.2) is 24.3 Å². The third-order valence-corrected chi connectivity index (χ3v) is 3.33. The highest BCUT2D eigenvalue weighted by molar-refractivity contribution is 5.94. The summed E-state index contributed by atoms with van der Waals surface area (Å²) < 4.78 is 0. The van der Waals surface area contributed by atoms with Gasteiger partial charge in [-0.05, 0) is 30.2 Å². The molecule has 0 aromatic heterocycles. The van der Waals surface area contributed by atoms with E-state index in [4.69, 9.17) is 5.73 Å². The van der Waals surface area contributed by atoms with Crippen LogP contribution in [0.25, 0.3) is 0 Å². The molecule has 19 heavy (non-hydrogen) atoms. The van der Waals surface area contributed by atoms with Gasteiger partial charge in [0, 0.05) is 12.2 Å². The first-order chi connectivity index (χ1) is 9.08. The largest absolute Gasteiger partial charge is 0.325 e. The Morgan fingerprint density at radius 3 is 2.74 bits per heavy atom. The Bertz CT molecular complexity index is 406. The summed E-state index contributed by atoms with van der Waals surface area (Å²) in [4.78, 5) is 12.0. The van der Waals surface area contributed by atoms with E-state index in [-0.39, 0.29) is 11.8 Å². The van der Waals surface area contributed by atoms with Crippen molar-refractivity contribution < 1.29 is 4.79 Å². The molecule has 1 rings (SSSR count). The van der Waals surface area contributed by atoms with Crippen LogP contribution in [0, 0.1) is 5.92 Å². The molecular formula is C15H25N3O. The fourth-order valence-electron chi connectivity index (χ4n) is 1.77. The predicted octanol–water partition coefficient (Wildman–Crippen LogP) is 2.11. The van der Waals surface area contributed by atoms with Gasteiger partial charge in [-0.3, -0.25) is 4.79 Å². The van der Waals surface area contributed by atoms with Crippen molar-refractivity contribution in [2.24, 2.45) is 11.7 Å². The first kappa shape index (κ1) is 15.7. The van der Waals surface area contributed by atoms with Gasteiger partial charge in [0.25, 0.3) is 0 Å². The van der Waals surface area contributed by atoms with Crippen LogP contribution in [0.4, 0.5) is 5.69 Å². The Hall–Kier alpha value is -1.39. The van der Waals surface area contributed by atoms with E-state index in [0.717, 1.165) is 30.8 Å². The standard InChI is InChI=1S/C15H25N3O/c1-4-11(3)14(16)15(19)18-13-8-6-7-12(9-13)10-17-5-2/h6-9,11,14,17H,4-5,10,16H2,1-3H3,(H,18,19). The molecule has 4 nitrogen and oxygen atoms in total. The Labute approximate surface area is 115 Å². The molecule has 0 aliphatic carbocycles. The quantitative estimate of drug-likeness (QED) is 0.706. The van der Waals surface area contributed by atoms with Crippen LogP contribution < -0.4 is 16.4 Å². The molecule has 1 aromatic rings. The van der Waals surface area contributed by atoms with Gasteiger partial charge >= 0.3 is 0 Å². The first-order valence-corrected chi connectivity index (χ1v) is 6.94. The number of nitrogens with two attached hydrogens (primary N) is 1. The van der Waals surface area contributed by atoms with Gasteiger partial charge in [-0.25, -0.2) is 0 Å². The number of benzene rings is 1. The summed E-state index contributed by atoms with van der Waals surface area (Å²) >= 11 is 0. The van der Waals surface area contributed by atoms with Crippen LogP contribution in [-0.2, 0) is 11.3 Å². The maximum atomic E-state index is 12.0. The maximum Gasteiger partial charge on any atom is 0.241 e. The lowest BCUT2D eigenvalue weighted by Gasteiger charge is -2.18. The fraction of sp³-hybridized carbons (Fsp3) is 0.533. The maximum absolute atomic E-state index is 12.0. The number of anilines is 1. The molecule has 4 heteroatoms. The Morgan fingerprint density at radius 1 is 1.37 bits per heavy atom. The molecular weight excluding hydrogens is 238 g/mol. The summed E-state index contributed by atoms with van der Waals surface area (Å²) in [6, 6.07) is 7.38. The summed E-state index contributed by atoms with van der Waals surface area (Å²) in [5, 5.41) is 6.14. The predicted molar refractivity (Wildman–Crippen MR) is 79.9 cm³/mol. The number of hydrogen-bond donors (Lipinski definition) is 3. The van der Waals surface area contributed by atoms with E-state index >= 15 is 0 Å². The summed E-state index contributed by atoms with van der Waals surface area (Å²) in [5.74, 6) is 0.0693. The van der Waals surface area contributed by atoms with Gasteiger partial charge < -0.3 is 16.4 Å². The molecule has 0 heterocycles. The van der Waals surface area contributed by atoms with Gasteiger partial charge in [-0.15, -0.1) is 0 Å². The fourth-order valence-corrected chi connectivity index (χ4v) is 1.77. The van der Waals surface area contributed by atoms with E-state index in [0.29, 0.717) is 0 Å². The van der Waals surface area contributed by atoms with Crippen LogP contribution in [0.2, 0.25) is 0 Å². The molecule has 1 amide bonds. The van der Waals surface area contributed by atoms with E-state index in [1.165, 1.54) is 0 Å². The zero-order valence-electron chi connectivity index (χ0n) is 12.1. The number of amides is 1. The van der Waals surface area contributed by atoms with Crippen molar-refractivity contribution in [2.45, 2.75) is 39.8 Å². The van der Waals surface area contributed by atoms with Gasteiger partial charge in [-0.2, -0.15) is 0 Å². The van der Waals surface area contributed by atoms with Crippen molar-refractivity contribution in [3.05, 3.63) is 29.8 Å². The molecule has 0 radical (unpaired) electrons. The molecule has 2 unspecified atom stereocenters. The summed E-state index contributed by atoms with van der Waals surface area (Å²) in [6.07, 6.45) is 0.898. The lowest BCUT2D eigenvalue weighted by Crippen LogP contribution is -2.40. The normalized spacial score (nSPS) is 13.9. The second-order valence-corrected chi connectivity index (χ2v) is 4.88. The minimum Gasteiger partial charge on any atom is -0.325 e. The summed E-state index contributed by atoms with van der Waals surface area (Å²) in [5.41, 5.74) is 7.87. The van der Waals surface area contributed by atoms with Crippen molar-refractivity contribution in [3.8, 4) is 0 Å². The lowest BCUT2D eigenvalue weighted by atomic mass is 9.99. The van der Waals surface area contributed by atoms with E-state index < -0.39 is 6.04 Å². The molecule has 2 atom stereocenters. The summed E-state index contributed by atoms with van der Waals surface area (Å²) in [6.45, 7) is 7.82. The third-order valence-electron chi connectivity index (χ3n) is 3.33. The highest BCUT2D eigenvalue weighted by atomic mass is 16.2. The zero-order chi connectivity index (χ0) is 14.3. The van der Waals surface area contributed by atoms with Gasteiger partial charge in [-0.1, -0.05) is 39.3 Å². The molecule has 0 aliphatic heterocycles. The van der Waals surface area contributed by atoms with Crippen LogP contribution >= 0.6 is 0 Å². The SMILES string of the molecule is CCNCc1cccc(NC(=O)C(N)C(C)CC)c1. The van der Waals surface area contributed by atoms with Crippen LogP contribution in [0.3, 0.4) is 0 Å². The van der Waals surface area contributed by atoms with E-state index in [1.807, 2.05) is 38.1 Å². The Balaban J connectivity index is 2.63. The number of carbonyl (C=O) groups excluding carboxylic acids is 1. The van der Waals surface area contributed by atoms with Crippen molar-refractivity contribution >= 4 is 11.6 Å². The van der Waals surface area contributed by atoms with Crippen molar-refractivity contribution in [1.82, 2.24) is 5.32 Å². The number of carbonyl (C=O) groups is 1. The highest BCUT2D eigenvalue weighted by Crippen LogP contribution is 2.13. The van der Waals surface area contributed by atoms with Crippen molar-refractivity contribution in [2.75, 3.05) is 11.9 Å². The zero-order valence-corrected chi connectivity index (χ0v) is 12.1. The molecule has 0 bridgehead atoms. The molecule has 0 saturated carbocycles. The molecule has 106 valence electrons. The second-order valence-electron chi connectivity index (χ2n) is 4.88. The Kier molecular flexibility index (Phi) is 6.53. The van der Waals surface area contributed by atoms with Gasteiger partial charge in [0.15, 0.2) is 0 Å². The van der Waals surface area contributed by atoms with Gasteiger partial charge in [0.1, 0.15) is 0 Å². The highest BCUT2D eigenvalue weighted by Gasteiger charge is 2.19. The lowest BCUT2D eigenvalue weighted by molar-refractivity contribution is -0.118. The number of rotatable bonds is 7. The average molecular weight is 263 g/mol. The second kappa shape index (κ2) is 7.92. The minimum absolute atomic E-state index is 0.116. The van der Waals surface area contributed by atoms with Gasteiger partial charge in [0.2, 0.25) is 5.91 Å². The van der Waals surface area contributed by atoms with E-state index in [9.17, 15) is 4.79 Å². The van der Waals surface area contributed by atoms with Crippen molar-refractivity contribution in [1.29, 1.82) is 0 Å². The van der Waals surface area contributed by atoms with Crippen LogP contribution in [-0.4, -0.2) is 18.5 Å². The monoisotopic (exact) mass is 263 g/mol. The molecule has 4 N–H and O–H groups in total. The minimum atomic E-state index is -0.456. The molecule has 0 fully saturated rings. The average Bonchev–Trinajstić information content (AvgIpc) is 2.43. The van der Waals surface area contributed by atoms with E-state index in [1.54, 1.807) is 0 Å². The molecule has 0 saturated heterocycles. The molecule has 0 spiro atoms. The van der Waals surface area contributed by atoms with Crippen LogP contribution in [0.1, 0.15) is 32.8 Å². The first-order valence-electron chi connectivity index (χ1n) is 6.94. The number of nitrogens with one attached hydrogen (secondary N) is 2.